The van der Waals surface area contributed by atoms with Crippen molar-refractivity contribution in [2.45, 2.75) is 413 Å². The van der Waals surface area contributed by atoms with Crippen molar-refractivity contribution < 1.29 is 327 Å². The van der Waals surface area contributed by atoms with Crippen molar-refractivity contribution >= 4 is 11.8 Å². The number of aliphatic hydroxyl groups is 39. The van der Waals surface area contributed by atoms with Gasteiger partial charge in [-0.25, -0.2) is 0 Å². The van der Waals surface area contributed by atoms with Crippen LogP contribution < -0.4 is 10.6 Å². The highest BCUT2D eigenvalue weighted by Crippen LogP contribution is 2.44. The molecular formula is C82H138N2O66. The van der Waals surface area contributed by atoms with Crippen molar-refractivity contribution in [2.24, 2.45) is 0 Å². The average Bonchev–Trinajstić information content (AvgIpc) is 0.765. The van der Waals surface area contributed by atoms with Gasteiger partial charge in [-0.3, -0.25) is 9.59 Å². The van der Waals surface area contributed by atoms with E-state index in [0.717, 1.165) is 13.8 Å². The number of hydrogen-bond donors (Lipinski definition) is 41. The van der Waals surface area contributed by atoms with Crippen molar-refractivity contribution in [1.82, 2.24) is 10.6 Å². The minimum Gasteiger partial charge on any atom is -0.394 e. The molecular weight excluding hydrogens is 2070 g/mol. The van der Waals surface area contributed by atoms with Gasteiger partial charge in [0.25, 0.3) is 0 Å². The van der Waals surface area contributed by atoms with Gasteiger partial charge in [-0.1, -0.05) is 0 Å². The second kappa shape index (κ2) is 53.8. The van der Waals surface area contributed by atoms with E-state index in [1.54, 1.807) is 0 Å². The summed E-state index contributed by atoms with van der Waals surface area (Å²) in [5, 5.41) is 444. The number of rotatable bonds is 39. The molecule has 872 valence electrons. The molecule has 0 aromatic rings. The van der Waals surface area contributed by atoms with E-state index in [9.17, 15) is 209 Å². The number of carbonyl (C=O) groups is 2. The predicted molar refractivity (Wildman–Crippen MR) is 451 cm³/mol. The molecule has 0 aliphatic carbocycles. The second-order valence-electron chi connectivity index (χ2n) is 38.0. The number of carbonyl (C=O) groups excluding carboxylic acids is 2. The number of ether oxygens (including phenoxy) is 25. The van der Waals surface area contributed by atoms with Crippen LogP contribution in [0, 0.1) is 0 Å². The van der Waals surface area contributed by atoms with Gasteiger partial charge in [-0.15, -0.1) is 0 Å². The molecule has 68 nitrogen and oxygen atoms in total. The molecule has 13 saturated heterocycles. The molecule has 13 rings (SSSR count). The molecule has 68 heteroatoms. The van der Waals surface area contributed by atoms with Crippen molar-refractivity contribution in [3.05, 3.63) is 0 Å². The summed E-state index contributed by atoms with van der Waals surface area (Å²) >= 11 is 0. The van der Waals surface area contributed by atoms with E-state index in [1.165, 1.54) is 0 Å². The van der Waals surface area contributed by atoms with Crippen LogP contribution in [-0.4, -0.2) is 696 Å². The van der Waals surface area contributed by atoms with Crippen LogP contribution in [0.15, 0.2) is 0 Å². The van der Waals surface area contributed by atoms with Gasteiger partial charge in [0.1, 0.15) is 317 Å². The van der Waals surface area contributed by atoms with Gasteiger partial charge in [-0.2, -0.15) is 0 Å². The fraction of sp³-hybridized carbons (Fsp3) is 0.976. The fourth-order valence-corrected chi connectivity index (χ4v) is 19.4. The van der Waals surface area contributed by atoms with E-state index in [-0.39, 0.29) is 0 Å². The molecule has 13 aliphatic rings. The van der Waals surface area contributed by atoms with Crippen LogP contribution in [0.25, 0.3) is 0 Å². The molecule has 2 unspecified atom stereocenters. The van der Waals surface area contributed by atoms with Crippen LogP contribution in [0.2, 0.25) is 0 Å². The zero-order valence-corrected chi connectivity index (χ0v) is 79.2. The zero-order valence-electron chi connectivity index (χ0n) is 79.2. The summed E-state index contributed by atoms with van der Waals surface area (Å²) in [4.78, 5) is 25.6. The third-order valence-corrected chi connectivity index (χ3v) is 28.0. The summed E-state index contributed by atoms with van der Waals surface area (Å²) < 4.78 is 147. The first-order valence-corrected chi connectivity index (χ1v) is 47.7. The third kappa shape index (κ3) is 26.2. The van der Waals surface area contributed by atoms with E-state index in [4.69, 9.17) is 118 Å². The Balaban J connectivity index is 0.846. The van der Waals surface area contributed by atoms with E-state index >= 15 is 0 Å². The third-order valence-electron chi connectivity index (χ3n) is 28.0. The maximum absolute atomic E-state index is 13.3. The molecule has 0 aromatic carbocycles. The first-order valence-electron chi connectivity index (χ1n) is 47.7. The second-order valence-corrected chi connectivity index (χ2v) is 38.0. The van der Waals surface area contributed by atoms with Crippen LogP contribution in [0.4, 0.5) is 0 Å². The summed E-state index contributed by atoms with van der Waals surface area (Å²) in [6.07, 6.45) is -143. The Morgan fingerprint density at radius 2 is 0.367 bits per heavy atom. The highest BCUT2D eigenvalue weighted by Gasteiger charge is 2.64. The number of hydrogen-bond acceptors (Lipinski definition) is 66. The van der Waals surface area contributed by atoms with Crippen LogP contribution >= 0.6 is 0 Å². The minimum absolute atomic E-state index is 0.853. The Hall–Kier alpha value is -3.62. The van der Waals surface area contributed by atoms with E-state index in [1.807, 2.05) is 0 Å². The topological polar surface area (TPSA) is 1080 Å². The SMILES string of the molecule is CC(=O)N[C@@H]1[C@@H](O)[C@H](O[C@@H]2O[C@H](CO)[C@@H](O[C@@H]3O[C@H](CO[C@H]4O[C@H](CO[C@H]5O[C@H](CO)[C@@H](O)[C@H](O)[C@@H]5O[C@H]5O[C@H](CO)[C@@H](O)[C@H](O)[C@@H]5O)[C@@H](O)[C@H](O[C@H]5O[C@H](CO)[C@@H](O)[C@H](O)[C@@H]5O[C@H]5O[C@H](CO)[C@@H](O)[C@H](O)[C@@H]5O)[C@@H]4O)[C@@H](O)[C@H](O[C@H]4O[C@H](CO)[C@@H](O)[C@H](O)[C@@H]4O[C@H]4O[C@H](CO)[C@@H](O)[C@H](O)[C@@H]4O[C@H]4O[C@H](CO)[C@@H](O)[C@H](OC5O[C@H](CO)[C@@H](O)[C@H](OC6O[C@H](CO)[C@@H](O)[C@H](O)[C@H]6O)[C@H]5O)[C@@H]4O)[C@@H]3O)[C@H](O)[C@H]2NC(C)=O)[C@@H](CO)O[C@H]1O. The normalized spacial score (nSPS) is 52.1. The lowest BCUT2D eigenvalue weighted by Crippen LogP contribution is -2.70. The van der Waals surface area contributed by atoms with Gasteiger partial charge in [0, 0.05) is 13.8 Å². The summed E-state index contributed by atoms with van der Waals surface area (Å²) in [6, 6.07) is -3.81. The lowest BCUT2D eigenvalue weighted by Gasteiger charge is -2.51. The van der Waals surface area contributed by atoms with Crippen LogP contribution in [0.3, 0.4) is 0 Å². The van der Waals surface area contributed by atoms with Gasteiger partial charge < -0.3 is 328 Å². The van der Waals surface area contributed by atoms with Crippen molar-refractivity contribution in [1.29, 1.82) is 0 Å². The maximum Gasteiger partial charge on any atom is 0.217 e. The predicted octanol–water partition coefficient (Wildman–Crippen LogP) is -29.0. The van der Waals surface area contributed by atoms with E-state index in [0.29, 0.717) is 0 Å². The molecule has 150 heavy (non-hydrogen) atoms. The monoisotopic (exact) mass is 2210 g/mol. The highest BCUT2D eigenvalue weighted by atomic mass is 16.8. The summed E-state index contributed by atoms with van der Waals surface area (Å²) in [5.74, 6) is -1.89. The molecule has 13 fully saturated rings. The summed E-state index contributed by atoms with van der Waals surface area (Å²) in [5.41, 5.74) is 0. The fourth-order valence-electron chi connectivity index (χ4n) is 19.4. The highest BCUT2D eigenvalue weighted by molar-refractivity contribution is 5.73. The smallest absolute Gasteiger partial charge is 0.217 e. The molecule has 0 saturated carbocycles. The molecule has 0 aromatic heterocycles. The number of amides is 2. The average molecular weight is 2210 g/mol. The van der Waals surface area contributed by atoms with Gasteiger partial charge in [0.2, 0.25) is 11.8 Å². The van der Waals surface area contributed by atoms with Crippen LogP contribution in [0.1, 0.15) is 13.8 Å². The van der Waals surface area contributed by atoms with Gasteiger partial charge >= 0.3 is 0 Å². The summed E-state index contributed by atoms with van der Waals surface area (Å²) in [7, 11) is 0. The first kappa shape index (κ1) is 123. The van der Waals surface area contributed by atoms with E-state index in [2.05, 4.69) is 10.6 Å². The van der Waals surface area contributed by atoms with Crippen molar-refractivity contribution in [3.63, 3.8) is 0 Å². The van der Waals surface area contributed by atoms with Gasteiger partial charge in [0.05, 0.1) is 85.9 Å². The Labute approximate surface area is 845 Å². The van der Waals surface area contributed by atoms with Crippen LogP contribution in [0.5, 0.6) is 0 Å². The lowest BCUT2D eigenvalue weighted by molar-refractivity contribution is -0.412. The molecule has 0 radical (unpaired) electrons. The van der Waals surface area contributed by atoms with Gasteiger partial charge in [-0.05, 0) is 0 Å². The standard InChI is InChI=1S/C82H138N2O66/c1-16(96)83-31-44(109)60(27(12-94)128-70(31)125)141-71-32(84-17(2)97)45(110)61(28(13-95)138-71)142-78-59(124)65(146-81-69(52(117)39(104)23(8-90)136-81)150-82-68(51(116)38(103)24(9-91)137-82)149-77-58(123)63(41(106)26(11-93)133-77)144-76-57(122)62(40(105)25(10-92)132-76)143-73-53(118)46(111)33(98)18(3-85)129-73)43(108)30(140-78)14-126-72-56(121)64(145-80-67(50(115)37(102)22(7-89)135-80)148-75-55(120)48(113)35(100)20(5-87)131-75)42(107)29(139-72)15-127-79-66(49(114)36(101)21(6-88)134-79)147-74-54(119)47(112)34(99)19(4-86)130-74/h18-82,85-95,98-125H,3-15H2,1-2H3,(H,83,96)(H,84,97)/t18-,19-,20-,21-,22-,23-,24-,25-,26-,27-,28-,29-,30-,31-,32-,33-,34-,35-,36-,37-,38-,39-,40-,41-,42-,43-,44-,45-,46+,47+,48+,49+,50+,51+,52+,53-,54+,55+,56+,57-,58+,59+,60-,61-,62+,63+,64+,65+,66+,67+,68+,69+,70-,71+,72+,73?,74-,75-,76?,77-,78+,79+,80-,81-,82-/m1/s1. The van der Waals surface area contributed by atoms with E-state index < -0.39 is 497 Å². The van der Waals surface area contributed by atoms with Crippen molar-refractivity contribution in [2.75, 3.05) is 85.9 Å². The molecule has 2 amide bonds. The zero-order chi connectivity index (χ0) is 110. The number of nitrogens with one attached hydrogen (secondary N) is 2. The largest absolute Gasteiger partial charge is 0.394 e. The molecule has 13 heterocycles. The first-order chi connectivity index (χ1) is 71.1. The quantitative estimate of drug-likeness (QED) is 0.0272. The van der Waals surface area contributed by atoms with Crippen molar-refractivity contribution in [3.8, 4) is 0 Å². The van der Waals surface area contributed by atoms with Crippen LogP contribution in [-0.2, 0) is 128 Å². The maximum atomic E-state index is 13.3. The Morgan fingerprint density at radius 3 is 0.680 bits per heavy atom. The molecule has 0 bridgehead atoms. The Morgan fingerprint density at radius 1 is 0.173 bits per heavy atom. The molecule has 13 aliphatic heterocycles. The molecule has 0 spiro atoms. The number of aliphatic hydroxyl groups excluding tert-OH is 39. The Bertz CT molecular complexity index is 4070. The lowest BCUT2D eigenvalue weighted by atomic mass is 9.94. The summed E-state index contributed by atoms with van der Waals surface area (Å²) in [6.45, 7) is -13.9. The molecule has 65 atom stereocenters. The molecule has 41 N–H and O–H groups in total. The Kier molecular flexibility index (Phi) is 44.2. The minimum atomic E-state index is -2.79. The van der Waals surface area contributed by atoms with Gasteiger partial charge in [0.15, 0.2) is 81.8 Å².